The van der Waals surface area contributed by atoms with Gasteiger partial charge in [0.15, 0.2) is 0 Å². The molecular formula is C8H15ClN3+. The predicted molar refractivity (Wildman–Crippen MR) is 49.1 cm³/mol. The zero-order valence-electron chi connectivity index (χ0n) is 7.60. The lowest BCUT2D eigenvalue weighted by Crippen LogP contribution is -2.50. The van der Waals surface area contributed by atoms with Gasteiger partial charge in [-0.25, -0.2) is 0 Å². The molecule has 0 amide bonds. The number of halogens is 1. The fourth-order valence-electron chi connectivity index (χ4n) is 1.15. The number of quaternary nitrogens is 1. The van der Waals surface area contributed by atoms with Crippen LogP contribution in [0.25, 0.3) is 0 Å². The predicted octanol–water partition coefficient (Wildman–Crippen LogP) is 0.785. The highest BCUT2D eigenvalue weighted by Crippen LogP contribution is 2.18. The Morgan fingerprint density at radius 2 is 2.17 bits per heavy atom. The maximum absolute atomic E-state index is 5.98. The van der Waals surface area contributed by atoms with E-state index in [0.29, 0.717) is 0 Å². The molecule has 3 nitrogen and oxygen atoms in total. The van der Waals surface area contributed by atoms with Crippen molar-refractivity contribution < 1.29 is 5.73 Å². The van der Waals surface area contributed by atoms with Crippen molar-refractivity contribution in [3.05, 3.63) is 16.4 Å². The van der Waals surface area contributed by atoms with E-state index in [2.05, 4.69) is 10.8 Å². The molecule has 0 radical (unpaired) electrons. The smallest absolute Gasteiger partial charge is 0.0844 e. The Morgan fingerprint density at radius 3 is 2.58 bits per heavy atom. The summed E-state index contributed by atoms with van der Waals surface area (Å²) in [4.78, 5) is 0. The number of nitrogens with zero attached hydrogens (tertiary/aromatic N) is 2. The van der Waals surface area contributed by atoms with Gasteiger partial charge in [-0.1, -0.05) is 11.6 Å². The second-order valence-electron chi connectivity index (χ2n) is 2.92. The van der Waals surface area contributed by atoms with Gasteiger partial charge in [0.1, 0.15) is 0 Å². The SMILES string of the molecule is Cc1nn(CCC[NH3+])c(C)c1Cl. The Balaban J connectivity index is 2.79. The highest BCUT2D eigenvalue weighted by atomic mass is 35.5. The minimum absolute atomic E-state index is 0.791. The molecule has 0 fully saturated rings. The number of aryl methyl sites for hydroxylation is 2. The molecule has 1 rings (SSSR count). The Hall–Kier alpha value is -0.540. The van der Waals surface area contributed by atoms with E-state index in [1.54, 1.807) is 0 Å². The number of aromatic nitrogens is 2. The summed E-state index contributed by atoms with van der Waals surface area (Å²) in [7, 11) is 0. The molecule has 0 saturated heterocycles. The lowest BCUT2D eigenvalue weighted by atomic mass is 10.4. The van der Waals surface area contributed by atoms with Gasteiger partial charge in [-0.2, -0.15) is 5.10 Å². The van der Waals surface area contributed by atoms with Crippen LogP contribution in [0.3, 0.4) is 0 Å². The van der Waals surface area contributed by atoms with E-state index in [1.807, 2.05) is 18.5 Å². The fourth-order valence-corrected chi connectivity index (χ4v) is 1.29. The van der Waals surface area contributed by atoms with Gasteiger partial charge in [-0.05, 0) is 13.8 Å². The van der Waals surface area contributed by atoms with Crippen LogP contribution in [0, 0.1) is 13.8 Å². The molecule has 4 heteroatoms. The molecule has 0 bridgehead atoms. The minimum Gasteiger partial charge on any atom is -0.358 e. The van der Waals surface area contributed by atoms with Gasteiger partial charge in [0.05, 0.1) is 23.0 Å². The molecule has 0 atom stereocenters. The van der Waals surface area contributed by atoms with Crippen LogP contribution in [0.1, 0.15) is 17.8 Å². The molecule has 0 aliphatic heterocycles. The van der Waals surface area contributed by atoms with E-state index in [-0.39, 0.29) is 0 Å². The lowest BCUT2D eigenvalue weighted by Gasteiger charge is -2.00. The normalized spacial score (nSPS) is 10.7. The van der Waals surface area contributed by atoms with Crippen molar-refractivity contribution in [3.8, 4) is 0 Å². The lowest BCUT2D eigenvalue weighted by molar-refractivity contribution is -0.368. The van der Waals surface area contributed by atoms with Crippen molar-refractivity contribution in [2.45, 2.75) is 26.8 Å². The van der Waals surface area contributed by atoms with Crippen LogP contribution in [0.4, 0.5) is 0 Å². The standard InChI is InChI=1S/C8H14ClN3/c1-6-8(9)7(2)12(11-6)5-3-4-10/h3-5,10H2,1-2H3/p+1. The molecule has 12 heavy (non-hydrogen) atoms. The molecule has 68 valence electrons. The molecule has 1 aromatic rings. The monoisotopic (exact) mass is 188 g/mol. The van der Waals surface area contributed by atoms with E-state index in [0.717, 1.165) is 35.9 Å². The third kappa shape index (κ3) is 1.79. The molecule has 3 N–H and O–H groups in total. The average Bonchev–Trinajstić information content (AvgIpc) is 2.30. The Morgan fingerprint density at radius 1 is 1.50 bits per heavy atom. The van der Waals surface area contributed by atoms with Gasteiger partial charge >= 0.3 is 0 Å². The van der Waals surface area contributed by atoms with Gasteiger partial charge in [0, 0.05) is 13.0 Å². The number of hydrogen-bond donors (Lipinski definition) is 1. The highest BCUT2D eigenvalue weighted by molar-refractivity contribution is 6.31. The van der Waals surface area contributed by atoms with Crippen LogP contribution >= 0.6 is 11.6 Å². The third-order valence-corrected chi connectivity index (χ3v) is 2.46. The largest absolute Gasteiger partial charge is 0.358 e. The van der Waals surface area contributed by atoms with Crippen molar-refractivity contribution in [1.29, 1.82) is 0 Å². The summed E-state index contributed by atoms with van der Waals surface area (Å²) in [5, 5.41) is 5.10. The molecule has 0 aromatic carbocycles. The van der Waals surface area contributed by atoms with Gasteiger partial charge in [0.2, 0.25) is 0 Å². The topological polar surface area (TPSA) is 45.5 Å². The maximum Gasteiger partial charge on any atom is 0.0844 e. The van der Waals surface area contributed by atoms with Crippen molar-refractivity contribution in [1.82, 2.24) is 9.78 Å². The molecule has 1 heterocycles. The Labute approximate surface area is 77.5 Å². The first-order valence-corrected chi connectivity index (χ1v) is 4.53. The summed E-state index contributed by atoms with van der Waals surface area (Å²) in [6, 6.07) is 0. The summed E-state index contributed by atoms with van der Waals surface area (Å²) in [6.07, 6.45) is 1.05. The zero-order chi connectivity index (χ0) is 9.14. The van der Waals surface area contributed by atoms with Crippen molar-refractivity contribution >= 4 is 11.6 Å². The van der Waals surface area contributed by atoms with Crippen LogP contribution in [0.2, 0.25) is 5.02 Å². The molecule has 0 spiro atoms. The van der Waals surface area contributed by atoms with Crippen molar-refractivity contribution in [3.63, 3.8) is 0 Å². The van der Waals surface area contributed by atoms with Gasteiger partial charge in [0.25, 0.3) is 0 Å². The first-order valence-electron chi connectivity index (χ1n) is 4.15. The van der Waals surface area contributed by atoms with E-state index in [4.69, 9.17) is 11.6 Å². The summed E-state index contributed by atoms with van der Waals surface area (Å²) >= 11 is 5.98. The van der Waals surface area contributed by atoms with E-state index >= 15 is 0 Å². The number of hydrogen-bond acceptors (Lipinski definition) is 1. The van der Waals surface area contributed by atoms with Gasteiger partial charge in [-0.3, -0.25) is 4.68 Å². The van der Waals surface area contributed by atoms with Crippen LogP contribution in [0.5, 0.6) is 0 Å². The highest BCUT2D eigenvalue weighted by Gasteiger charge is 2.07. The van der Waals surface area contributed by atoms with Crippen LogP contribution < -0.4 is 5.73 Å². The van der Waals surface area contributed by atoms with E-state index in [9.17, 15) is 0 Å². The van der Waals surface area contributed by atoms with Gasteiger partial charge < -0.3 is 5.73 Å². The van der Waals surface area contributed by atoms with Crippen LogP contribution in [-0.2, 0) is 6.54 Å². The van der Waals surface area contributed by atoms with E-state index in [1.165, 1.54) is 0 Å². The fraction of sp³-hybridized carbons (Fsp3) is 0.625. The zero-order valence-corrected chi connectivity index (χ0v) is 8.36. The molecule has 0 aliphatic carbocycles. The van der Waals surface area contributed by atoms with Crippen LogP contribution in [-0.4, -0.2) is 16.3 Å². The molecular weight excluding hydrogens is 174 g/mol. The molecule has 0 unspecified atom stereocenters. The quantitative estimate of drug-likeness (QED) is 0.749. The Kier molecular flexibility index (Phi) is 3.12. The van der Waals surface area contributed by atoms with E-state index < -0.39 is 0 Å². The average molecular weight is 189 g/mol. The van der Waals surface area contributed by atoms with Gasteiger partial charge in [-0.15, -0.1) is 0 Å². The van der Waals surface area contributed by atoms with Crippen molar-refractivity contribution in [2.75, 3.05) is 6.54 Å². The second-order valence-corrected chi connectivity index (χ2v) is 3.29. The summed E-state index contributed by atoms with van der Waals surface area (Å²) in [6.45, 7) is 5.78. The minimum atomic E-state index is 0.791. The third-order valence-electron chi connectivity index (χ3n) is 1.91. The summed E-state index contributed by atoms with van der Waals surface area (Å²) < 4.78 is 1.95. The second kappa shape index (κ2) is 3.92. The van der Waals surface area contributed by atoms with Crippen molar-refractivity contribution in [2.24, 2.45) is 0 Å². The Bertz CT molecular complexity index is 268. The van der Waals surface area contributed by atoms with Crippen LogP contribution in [0.15, 0.2) is 0 Å². The molecule has 0 saturated carbocycles. The number of rotatable bonds is 3. The summed E-state index contributed by atoms with van der Waals surface area (Å²) in [5.41, 5.74) is 5.76. The first-order chi connectivity index (χ1) is 5.66. The summed E-state index contributed by atoms with van der Waals surface area (Å²) in [5.74, 6) is 0. The molecule has 0 aliphatic rings. The maximum atomic E-state index is 5.98. The first kappa shape index (κ1) is 9.55. The molecule has 1 aromatic heterocycles.